The highest BCUT2D eigenvalue weighted by Gasteiger charge is 2.31. The summed E-state index contributed by atoms with van der Waals surface area (Å²) < 4.78 is 18.7. The van der Waals surface area contributed by atoms with E-state index in [1.54, 1.807) is 17.0 Å². The van der Waals surface area contributed by atoms with Crippen molar-refractivity contribution in [1.29, 1.82) is 0 Å². The summed E-state index contributed by atoms with van der Waals surface area (Å²) in [5, 5.41) is 10.5. The number of likely N-dealkylation sites (tertiary alicyclic amines) is 1. The van der Waals surface area contributed by atoms with Crippen LogP contribution in [0.25, 0.3) is 0 Å². The third-order valence-corrected chi connectivity index (χ3v) is 3.75. The minimum absolute atomic E-state index is 0.108. The van der Waals surface area contributed by atoms with Crippen molar-refractivity contribution in [2.45, 2.75) is 45.3 Å². The van der Waals surface area contributed by atoms with Gasteiger partial charge in [0, 0.05) is 19.0 Å². The van der Waals surface area contributed by atoms with Crippen LogP contribution in [0.2, 0.25) is 0 Å². The summed E-state index contributed by atoms with van der Waals surface area (Å²) in [4.78, 5) is 13.8. The molecule has 1 aliphatic rings. The lowest BCUT2D eigenvalue weighted by atomic mass is 9.88. The number of carbonyl (C=O) groups excluding carboxylic acids is 1. The van der Waals surface area contributed by atoms with Gasteiger partial charge in [0.15, 0.2) is 0 Å². The first-order chi connectivity index (χ1) is 10.3. The Morgan fingerprint density at radius 3 is 2.82 bits per heavy atom. The maximum atomic E-state index is 13.3. The lowest BCUT2D eigenvalue weighted by Gasteiger charge is -2.36. The first-order valence-corrected chi connectivity index (χ1v) is 7.68. The highest BCUT2D eigenvalue weighted by molar-refractivity contribution is 5.68. The number of benzene rings is 1. The maximum absolute atomic E-state index is 13.3. The summed E-state index contributed by atoms with van der Waals surface area (Å²) in [6, 6.07) is 5.99. The normalized spacial score (nSPS) is 20.6. The average molecular weight is 309 g/mol. The van der Waals surface area contributed by atoms with Crippen molar-refractivity contribution in [3.05, 3.63) is 35.6 Å². The molecule has 0 saturated carbocycles. The number of nitrogens with zero attached hydrogens (tertiary/aromatic N) is 1. The molecule has 1 fully saturated rings. The molecule has 1 N–H and O–H groups in total. The van der Waals surface area contributed by atoms with Crippen LogP contribution in [0.15, 0.2) is 24.3 Å². The van der Waals surface area contributed by atoms with E-state index < -0.39 is 11.7 Å². The molecule has 5 heteroatoms. The fourth-order valence-corrected chi connectivity index (χ4v) is 2.72. The molecule has 1 aromatic rings. The van der Waals surface area contributed by atoms with Gasteiger partial charge in [0.25, 0.3) is 0 Å². The van der Waals surface area contributed by atoms with E-state index in [9.17, 15) is 14.3 Å². The molecule has 0 bridgehead atoms. The summed E-state index contributed by atoms with van der Waals surface area (Å²) in [6.45, 7) is 6.53. The number of piperidine rings is 1. The largest absolute Gasteiger partial charge is 0.444 e. The number of carbonyl (C=O) groups is 1. The van der Waals surface area contributed by atoms with Gasteiger partial charge < -0.3 is 14.7 Å². The quantitative estimate of drug-likeness (QED) is 0.909. The van der Waals surface area contributed by atoms with Gasteiger partial charge in [0.05, 0.1) is 6.10 Å². The number of hydrogen-bond donors (Lipinski definition) is 1. The van der Waals surface area contributed by atoms with Gasteiger partial charge in [-0.25, -0.2) is 9.18 Å². The molecule has 0 aromatic heterocycles. The third kappa shape index (κ3) is 4.44. The molecule has 0 radical (unpaired) electrons. The van der Waals surface area contributed by atoms with Crippen LogP contribution in [0, 0.1) is 11.7 Å². The molecule has 1 aliphatic heterocycles. The van der Waals surface area contributed by atoms with Crippen LogP contribution in [-0.2, 0) is 4.74 Å². The van der Waals surface area contributed by atoms with Crippen LogP contribution in [0.4, 0.5) is 9.18 Å². The Hall–Kier alpha value is -1.62. The summed E-state index contributed by atoms with van der Waals surface area (Å²) in [5.74, 6) is -0.473. The molecule has 122 valence electrons. The van der Waals surface area contributed by atoms with Gasteiger partial charge in [-0.3, -0.25) is 0 Å². The van der Waals surface area contributed by atoms with E-state index in [-0.39, 0.29) is 17.8 Å². The Labute approximate surface area is 130 Å². The molecule has 1 saturated heterocycles. The van der Waals surface area contributed by atoms with E-state index in [0.29, 0.717) is 18.7 Å². The van der Waals surface area contributed by atoms with Gasteiger partial charge in [-0.15, -0.1) is 0 Å². The lowest BCUT2D eigenvalue weighted by molar-refractivity contribution is 0.00234. The molecule has 2 atom stereocenters. The van der Waals surface area contributed by atoms with Crippen molar-refractivity contribution in [3.8, 4) is 0 Å². The van der Waals surface area contributed by atoms with Crippen LogP contribution < -0.4 is 0 Å². The first-order valence-electron chi connectivity index (χ1n) is 7.68. The Morgan fingerprint density at radius 1 is 1.45 bits per heavy atom. The molecule has 0 aliphatic carbocycles. The zero-order chi connectivity index (χ0) is 16.3. The number of ether oxygens (including phenoxy) is 1. The number of aliphatic hydroxyl groups excluding tert-OH is 1. The van der Waals surface area contributed by atoms with E-state index in [0.717, 1.165) is 12.8 Å². The van der Waals surface area contributed by atoms with Gasteiger partial charge >= 0.3 is 6.09 Å². The summed E-state index contributed by atoms with van der Waals surface area (Å²) in [5.41, 5.74) is 0.0154. The van der Waals surface area contributed by atoms with Crippen molar-refractivity contribution >= 4 is 6.09 Å². The molecular formula is C17H24FNO3. The fraction of sp³-hybridized carbons (Fsp3) is 0.588. The van der Waals surface area contributed by atoms with Gasteiger partial charge in [-0.2, -0.15) is 0 Å². The predicted molar refractivity (Wildman–Crippen MR) is 81.9 cm³/mol. The van der Waals surface area contributed by atoms with Crippen LogP contribution in [0.3, 0.4) is 0 Å². The Balaban J connectivity index is 2.02. The van der Waals surface area contributed by atoms with Crippen LogP contribution in [-0.4, -0.2) is 34.8 Å². The molecule has 1 aromatic carbocycles. The summed E-state index contributed by atoms with van der Waals surface area (Å²) in [7, 11) is 0. The molecule has 1 amide bonds. The second kappa shape index (κ2) is 6.65. The van der Waals surface area contributed by atoms with Crippen molar-refractivity contribution in [2.75, 3.05) is 13.1 Å². The SMILES string of the molecule is CC(C)(C)OC(=O)N1CCCC(C(O)c2cccc(F)c2)C1. The Bertz CT molecular complexity index is 527. The third-order valence-electron chi connectivity index (χ3n) is 3.75. The zero-order valence-corrected chi connectivity index (χ0v) is 13.4. The smallest absolute Gasteiger partial charge is 0.410 e. The highest BCUT2D eigenvalue weighted by Crippen LogP contribution is 2.30. The van der Waals surface area contributed by atoms with Gasteiger partial charge in [-0.1, -0.05) is 12.1 Å². The van der Waals surface area contributed by atoms with Crippen molar-refractivity contribution < 1.29 is 19.0 Å². The minimum atomic E-state index is -0.777. The average Bonchev–Trinajstić information content (AvgIpc) is 2.45. The van der Waals surface area contributed by atoms with Gasteiger partial charge in [0.1, 0.15) is 11.4 Å². The number of amides is 1. The van der Waals surface area contributed by atoms with Gasteiger partial charge in [0.2, 0.25) is 0 Å². The number of aliphatic hydroxyl groups is 1. The van der Waals surface area contributed by atoms with Crippen LogP contribution in [0.5, 0.6) is 0 Å². The second-order valence-corrected chi connectivity index (χ2v) is 6.83. The van der Waals surface area contributed by atoms with Crippen LogP contribution in [0.1, 0.15) is 45.3 Å². The molecule has 0 spiro atoms. The molecule has 1 heterocycles. The van der Waals surface area contributed by atoms with Crippen molar-refractivity contribution in [3.63, 3.8) is 0 Å². The van der Waals surface area contributed by atoms with Crippen LogP contribution >= 0.6 is 0 Å². The zero-order valence-electron chi connectivity index (χ0n) is 13.4. The number of hydrogen-bond acceptors (Lipinski definition) is 3. The van der Waals surface area contributed by atoms with E-state index in [4.69, 9.17) is 4.74 Å². The van der Waals surface area contributed by atoms with Crippen molar-refractivity contribution in [2.24, 2.45) is 5.92 Å². The van der Waals surface area contributed by atoms with Gasteiger partial charge in [-0.05, 0) is 51.3 Å². The first kappa shape index (κ1) is 16.7. The van der Waals surface area contributed by atoms with E-state index in [1.807, 2.05) is 20.8 Å². The topological polar surface area (TPSA) is 49.8 Å². The fourth-order valence-electron chi connectivity index (χ4n) is 2.72. The Morgan fingerprint density at radius 2 is 2.18 bits per heavy atom. The molecular weight excluding hydrogens is 285 g/mol. The standard InChI is InChI=1S/C17H24FNO3/c1-17(2,3)22-16(21)19-9-5-7-13(11-19)15(20)12-6-4-8-14(18)10-12/h4,6,8,10,13,15,20H,5,7,9,11H2,1-3H3. The van der Waals surface area contributed by atoms with Crippen molar-refractivity contribution in [1.82, 2.24) is 4.90 Å². The van der Waals surface area contributed by atoms with E-state index >= 15 is 0 Å². The Kier molecular flexibility index (Phi) is 5.06. The molecule has 22 heavy (non-hydrogen) atoms. The predicted octanol–water partition coefficient (Wildman–Crippen LogP) is 3.51. The molecule has 4 nitrogen and oxygen atoms in total. The molecule has 2 rings (SSSR count). The van der Waals surface area contributed by atoms with E-state index in [1.165, 1.54) is 12.1 Å². The molecule has 2 unspecified atom stereocenters. The minimum Gasteiger partial charge on any atom is -0.444 e. The summed E-state index contributed by atoms with van der Waals surface area (Å²) in [6.07, 6.45) is 0.470. The summed E-state index contributed by atoms with van der Waals surface area (Å²) >= 11 is 0. The highest BCUT2D eigenvalue weighted by atomic mass is 19.1. The number of rotatable bonds is 2. The maximum Gasteiger partial charge on any atom is 0.410 e. The lowest BCUT2D eigenvalue weighted by Crippen LogP contribution is -2.44. The van der Waals surface area contributed by atoms with E-state index in [2.05, 4.69) is 0 Å². The second-order valence-electron chi connectivity index (χ2n) is 6.83. The monoisotopic (exact) mass is 309 g/mol. The number of halogens is 1.